The molecular weight excluding hydrogens is 362 g/mol. The minimum Gasteiger partial charge on any atom is -0.345 e. The maximum atomic E-state index is 13.0. The Morgan fingerprint density at radius 3 is 2.61 bits per heavy atom. The SMILES string of the molecule is N#CC1(C#N)[C@@H](c2cccc([N+](=O)[O-])c2)O[C@@]23CCCC[C@H]2[C@]1(C#N)C(=O)N3. The zero-order valence-corrected chi connectivity index (χ0v) is 14.7. The fourth-order valence-electron chi connectivity index (χ4n) is 5.09. The van der Waals surface area contributed by atoms with Crippen LogP contribution in [0.5, 0.6) is 0 Å². The molecule has 3 fully saturated rings. The van der Waals surface area contributed by atoms with E-state index in [4.69, 9.17) is 4.74 Å². The number of nitrogens with zero attached hydrogens (tertiary/aromatic N) is 4. The molecule has 1 amide bonds. The van der Waals surface area contributed by atoms with Gasteiger partial charge in [-0.3, -0.25) is 14.9 Å². The second kappa shape index (κ2) is 5.76. The Morgan fingerprint density at radius 2 is 1.96 bits per heavy atom. The Morgan fingerprint density at radius 1 is 1.21 bits per heavy atom. The van der Waals surface area contributed by atoms with E-state index >= 15 is 0 Å². The molecule has 2 saturated heterocycles. The highest BCUT2D eigenvalue weighted by Crippen LogP contribution is 2.67. The van der Waals surface area contributed by atoms with Crippen molar-refractivity contribution in [3.8, 4) is 18.2 Å². The van der Waals surface area contributed by atoms with E-state index < -0.39 is 39.4 Å². The van der Waals surface area contributed by atoms with Crippen molar-refractivity contribution in [2.24, 2.45) is 16.7 Å². The first-order valence-corrected chi connectivity index (χ1v) is 8.89. The van der Waals surface area contributed by atoms with Crippen LogP contribution in [0.2, 0.25) is 0 Å². The molecule has 1 aromatic carbocycles. The van der Waals surface area contributed by atoms with Crippen molar-refractivity contribution in [2.45, 2.75) is 37.5 Å². The molecule has 0 spiro atoms. The van der Waals surface area contributed by atoms with Crippen molar-refractivity contribution in [1.29, 1.82) is 15.8 Å². The molecule has 1 aromatic rings. The Balaban J connectivity index is 1.99. The van der Waals surface area contributed by atoms with Gasteiger partial charge in [-0.1, -0.05) is 18.6 Å². The molecule has 4 atom stereocenters. The van der Waals surface area contributed by atoms with Crippen molar-refractivity contribution in [3.05, 3.63) is 39.9 Å². The Labute approximate surface area is 160 Å². The van der Waals surface area contributed by atoms with Crippen molar-refractivity contribution < 1.29 is 14.5 Å². The van der Waals surface area contributed by atoms with Gasteiger partial charge in [0.05, 0.1) is 23.1 Å². The van der Waals surface area contributed by atoms with Crippen LogP contribution in [-0.4, -0.2) is 16.6 Å². The van der Waals surface area contributed by atoms with Gasteiger partial charge < -0.3 is 10.1 Å². The van der Waals surface area contributed by atoms with E-state index in [9.17, 15) is 30.7 Å². The molecule has 1 aliphatic carbocycles. The summed E-state index contributed by atoms with van der Waals surface area (Å²) in [7, 11) is 0. The van der Waals surface area contributed by atoms with E-state index in [0.29, 0.717) is 12.8 Å². The molecule has 28 heavy (non-hydrogen) atoms. The molecule has 0 aromatic heterocycles. The number of amides is 1. The molecule has 1 saturated carbocycles. The highest BCUT2D eigenvalue weighted by atomic mass is 16.6. The van der Waals surface area contributed by atoms with E-state index in [2.05, 4.69) is 5.32 Å². The van der Waals surface area contributed by atoms with E-state index in [1.54, 1.807) is 0 Å². The zero-order chi connectivity index (χ0) is 20.2. The highest BCUT2D eigenvalue weighted by Gasteiger charge is 2.80. The Hall–Kier alpha value is -3.48. The van der Waals surface area contributed by atoms with Crippen molar-refractivity contribution in [3.63, 3.8) is 0 Å². The summed E-state index contributed by atoms with van der Waals surface area (Å²) < 4.78 is 6.23. The normalized spacial score (nSPS) is 34.8. The number of nitro groups is 1. The fraction of sp³-hybridized carbons (Fsp3) is 0.474. The zero-order valence-electron chi connectivity index (χ0n) is 14.7. The number of carbonyl (C=O) groups excluding carboxylic acids is 1. The lowest BCUT2D eigenvalue weighted by Crippen LogP contribution is -2.61. The molecule has 140 valence electrons. The molecule has 2 heterocycles. The highest BCUT2D eigenvalue weighted by molar-refractivity contribution is 5.92. The summed E-state index contributed by atoms with van der Waals surface area (Å²) >= 11 is 0. The third kappa shape index (κ3) is 1.88. The number of hydrogen-bond acceptors (Lipinski definition) is 7. The average Bonchev–Trinajstić information content (AvgIpc) is 2.92. The molecular formula is C19H15N5O4. The maximum absolute atomic E-state index is 13.0. The van der Waals surface area contributed by atoms with Crippen LogP contribution >= 0.6 is 0 Å². The monoisotopic (exact) mass is 377 g/mol. The number of ether oxygens (including phenoxy) is 1. The number of nitro benzene ring substituents is 1. The second-order valence-corrected chi connectivity index (χ2v) is 7.44. The summed E-state index contributed by atoms with van der Waals surface area (Å²) in [5, 5.41) is 44.2. The number of nitriles is 3. The van der Waals surface area contributed by atoms with Gasteiger partial charge >= 0.3 is 0 Å². The molecule has 0 unspecified atom stereocenters. The quantitative estimate of drug-likeness (QED) is 0.612. The number of non-ortho nitro benzene ring substituents is 1. The van der Waals surface area contributed by atoms with Gasteiger partial charge in [-0.2, -0.15) is 15.8 Å². The number of rotatable bonds is 2. The fourth-order valence-corrected chi connectivity index (χ4v) is 5.09. The van der Waals surface area contributed by atoms with Crippen LogP contribution in [0.15, 0.2) is 24.3 Å². The smallest absolute Gasteiger partial charge is 0.269 e. The van der Waals surface area contributed by atoms with Gasteiger partial charge in [0.25, 0.3) is 5.69 Å². The van der Waals surface area contributed by atoms with Gasteiger partial charge in [0.15, 0.2) is 5.41 Å². The standard InChI is InChI=1S/C19H15N5O4/c20-9-17(10-21)15(12-4-3-5-13(8-12)24(26)27)28-19-7-2-1-6-14(19)18(17,11-22)16(25)23-19/h3-5,8,14-15H,1-2,6-7H2,(H,23,25)/t14-,15+,18+,19-/m0/s1. The molecule has 9 nitrogen and oxygen atoms in total. The van der Waals surface area contributed by atoms with Gasteiger partial charge in [-0.25, -0.2) is 0 Å². The summed E-state index contributed by atoms with van der Waals surface area (Å²) in [4.78, 5) is 23.6. The lowest BCUT2D eigenvalue weighted by atomic mass is 9.51. The number of benzene rings is 1. The molecule has 1 N–H and O–H groups in total. The van der Waals surface area contributed by atoms with Crippen LogP contribution in [-0.2, 0) is 9.53 Å². The van der Waals surface area contributed by atoms with Crippen molar-refractivity contribution in [1.82, 2.24) is 5.32 Å². The summed E-state index contributed by atoms with van der Waals surface area (Å²) in [6, 6.07) is 11.3. The van der Waals surface area contributed by atoms with Gasteiger partial charge in [0, 0.05) is 18.1 Å². The first kappa shape index (κ1) is 17.9. The summed E-state index contributed by atoms with van der Waals surface area (Å²) in [6.07, 6.45) is 1.15. The molecule has 3 aliphatic rings. The van der Waals surface area contributed by atoms with Crippen LogP contribution in [0.3, 0.4) is 0 Å². The third-order valence-electron chi connectivity index (χ3n) is 6.32. The van der Waals surface area contributed by atoms with Crippen LogP contribution < -0.4 is 5.32 Å². The van der Waals surface area contributed by atoms with Crippen LogP contribution in [0.4, 0.5) is 5.69 Å². The largest absolute Gasteiger partial charge is 0.345 e. The van der Waals surface area contributed by atoms with Gasteiger partial charge in [-0.15, -0.1) is 0 Å². The first-order chi connectivity index (χ1) is 13.4. The lowest BCUT2D eigenvalue weighted by Gasteiger charge is -2.52. The predicted octanol–water partition coefficient (Wildman–Crippen LogP) is 2.23. The lowest BCUT2D eigenvalue weighted by molar-refractivity contribution is -0.385. The van der Waals surface area contributed by atoms with Gasteiger partial charge in [-0.05, 0) is 24.8 Å². The summed E-state index contributed by atoms with van der Waals surface area (Å²) in [5.41, 5.74) is -5.21. The molecule has 9 heteroatoms. The summed E-state index contributed by atoms with van der Waals surface area (Å²) in [5.74, 6) is -1.32. The number of nitrogens with one attached hydrogen (secondary N) is 1. The van der Waals surface area contributed by atoms with Crippen molar-refractivity contribution >= 4 is 11.6 Å². The van der Waals surface area contributed by atoms with E-state index in [1.807, 2.05) is 18.2 Å². The molecule has 2 bridgehead atoms. The van der Waals surface area contributed by atoms with Crippen LogP contribution in [0, 0.1) is 60.9 Å². The topological polar surface area (TPSA) is 153 Å². The average molecular weight is 377 g/mol. The Bertz CT molecular complexity index is 1000. The van der Waals surface area contributed by atoms with Crippen molar-refractivity contribution in [2.75, 3.05) is 0 Å². The van der Waals surface area contributed by atoms with Gasteiger partial charge in [0.2, 0.25) is 11.3 Å². The van der Waals surface area contributed by atoms with Crippen LogP contribution in [0.1, 0.15) is 37.4 Å². The third-order valence-corrected chi connectivity index (χ3v) is 6.32. The van der Waals surface area contributed by atoms with Crippen LogP contribution in [0.25, 0.3) is 0 Å². The summed E-state index contributed by atoms with van der Waals surface area (Å²) in [6.45, 7) is 0. The van der Waals surface area contributed by atoms with E-state index in [1.165, 1.54) is 24.3 Å². The number of hydrogen-bond donors (Lipinski definition) is 1. The molecule has 0 radical (unpaired) electrons. The molecule has 4 rings (SSSR count). The van der Waals surface area contributed by atoms with E-state index in [-0.39, 0.29) is 11.3 Å². The first-order valence-electron chi connectivity index (χ1n) is 8.89. The maximum Gasteiger partial charge on any atom is 0.269 e. The minimum absolute atomic E-state index is 0.219. The predicted molar refractivity (Wildman–Crippen MR) is 91.5 cm³/mol. The second-order valence-electron chi connectivity index (χ2n) is 7.44. The Kier molecular flexibility index (Phi) is 3.68. The van der Waals surface area contributed by atoms with Gasteiger partial charge in [0.1, 0.15) is 11.8 Å². The molecule has 2 aliphatic heterocycles. The minimum atomic E-state index is -2.14. The number of carbonyl (C=O) groups is 1. The van der Waals surface area contributed by atoms with E-state index in [0.717, 1.165) is 12.8 Å².